The lowest BCUT2D eigenvalue weighted by Gasteiger charge is -2.42. The van der Waals surface area contributed by atoms with Gasteiger partial charge in [0.05, 0.1) is 6.61 Å². The topological polar surface area (TPSA) is 58.1 Å². The van der Waals surface area contributed by atoms with E-state index in [0.717, 1.165) is 51.8 Å². The molecule has 138 valence electrons. The molecule has 0 atom stereocenters. The summed E-state index contributed by atoms with van der Waals surface area (Å²) in [5, 5.41) is 6.86. The summed E-state index contributed by atoms with van der Waals surface area (Å²) in [6, 6.07) is 0. The normalized spacial score (nSPS) is 16.7. The van der Waals surface area contributed by atoms with Gasteiger partial charge in [-0.25, -0.2) is 0 Å². The van der Waals surface area contributed by atoms with Gasteiger partial charge in [0.2, 0.25) is 0 Å². The molecule has 0 radical (unpaired) electrons. The molecule has 23 heavy (non-hydrogen) atoms. The van der Waals surface area contributed by atoms with Crippen molar-refractivity contribution in [2.75, 3.05) is 67.7 Å². The van der Waals surface area contributed by atoms with Crippen molar-refractivity contribution < 1.29 is 9.47 Å². The second kappa shape index (κ2) is 13.2. The second-order valence-electron chi connectivity index (χ2n) is 6.24. The molecule has 6 nitrogen and oxygen atoms in total. The van der Waals surface area contributed by atoms with Crippen LogP contribution in [0.1, 0.15) is 25.7 Å². The molecule has 1 aliphatic carbocycles. The molecule has 0 aromatic carbocycles. The number of rotatable bonds is 11. The van der Waals surface area contributed by atoms with Gasteiger partial charge in [0.15, 0.2) is 5.96 Å². The van der Waals surface area contributed by atoms with Crippen molar-refractivity contribution in [3.05, 3.63) is 0 Å². The van der Waals surface area contributed by atoms with Crippen molar-refractivity contribution in [2.45, 2.75) is 25.7 Å². The maximum Gasteiger partial charge on any atom is 0.191 e. The maximum atomic E-state index is 5.24. The first-order valence-corrected chi connectivity index (χ1v) is 8.27. The van der Waals surface area contributed by atoms with Gasteiger partial charge < -0.3 is 25.0 Å². The molecular formula is C16H35IN4O2. The molecule has 0 spiro atoms. The Balaban J connectivity index is 0.00000484. The Morgan fingerprint density at radius 1 is 1.13 bits per heavy atom. The van der Waals surface area contributed by atoms with Crippen molar-refractivity contribution in [2.24, 2.45) is 10.4 Å². The van der Waals surface area contributed by atoms with E-state index < -0.39 is 0 Å². The maximum absolute atomic E-state index is 5.24. The van der Waals surface area contributed by atoms with Crippen molar-refractivity contribution in [3.63, 3.8) is 0 Å². The monoisotopic (exact) mass is 442 g/mol. The van der Waals surface area contributed by atoms with Crippen LogP contribution in [0.25, 0.3) is 0 Å². The molecule has 1 rings (SSSR count). The minimum Gasteiger partial charge on any atom is -0.385 e. The summed E-state index contributed by atoms with van der Waals surface area (Å²) >= 11 is 0. The van der Waals surface area contributed by atoms with Gasteiger partial charge in [0.1, 0.15) is 0 Å². The number of nitrogens with one attached hydrogen (secondary N) is 2. The number of guanidine groups is 1. The van der Waals surface area contributed by atoms with Crippen molar-refractivity contribution in [3.8, 4) is 0 Å². The third-order valence-corrected chi connectivity index (χ3v) is 4.57. The highest BCUT2D eigenvalue weighted by Gasteiger charge is 2.36. The van der Waals surface area contributed by atoms with E-state index in [0.29, 0.717) is 5.41 Å². The quantitative estimate of drug-likeness (QED) is 0.289. The third kappa shape index (κ3) is 9.07. The highest BCUT2D eigenvalue weighted by atomic mass is 127. The Morgan fingerprint density at radius 2 is 1.83 bits per heavy atom. The predicted octanol–water partition coefficient (Wildman–Crippen LogP) is 1.55. The van der Waals surface area contributed by atoms with Gasteiger partial charge in [-0.2, -0.15) is 0 Å². The summed E-state index contributed by atoms with van der Waals surface area (Å²) in [6.45, 7) is 5.40. The molecule has 1 fully saturated rings. The average Bonchev–Trinajstić information content (AvgIpc) is 2.49. The Morgan fingerprint density at radius 3 is 2.35 bits per heavy atom. The van der Waals surface area contributed by atoms with Gasteiger partial charge in [0.25, 0.3) is 0 Å². The van der Waals surface area contributed by atoms with Crippen LogP contribution in [0.3, 0.4) is 0 Å². The number of likely N-dealkylation sites (N-methyl/N-ethyl adjacent to an activating group) is 1. The van der Waals surface area contributed by atoms with E-state index in [4.69, 9.17) is 9.47 Å². The van der Waals surface area contributed by atoms with E-state index in [-0.39, 0.29) is 24.0 Å². The van der Waals surface area contributed by atoms with Gasteiger partial charge in [-0.05, 0) is 31.7 Å². The number of ether oxygens (including phenoxy) is 2. The van der Waals surface area contributed by atoms with Gasteiger partial charge >= 0.3 is 0 Å². The number of methoxy groups -OCH3 is 2. The molecular weight excluding hydrogens is 407 g/mol. The van der Waals surface area contributed by atoms with E-state index >= 15 is 0 Å². The van der Waals surface area contributed by atoms with E-state index in [1.807, 2.05) is 7.05 Å². The fraction of sp³-hybridized carbons (Fsp3) is 0.938. The molecule has 0 bridgehead atoms. The van der Waals surface area contributed by atoms with Gasteiger partial charge in [0, 0.05) is 54.1 Å². The predicted molar refractivity (Wildman–Crippen MR) is 107 cm³/mol. The van der Waals surface area contributed by atoms with Crippen LogP contribution in [0.5, 0.6) is 0 Å². The van der Waals surface area contributed by atoms with Crippen molar-refractivity contribution in [1.29, 1.82) is 0 Å². The zero-order valence-corrected chi connectivity index (χ0v) is 17.5. The van der Waals surface area contributed by atoms with Gasteiger partial charge in [-0.15, -0.1) is 24.0 Å². The third-order valence-electron chi connectivity index (χ3n) is 4.57. The lowest BCUT2D eigenvalue weighted by Crippen LogP contribution is -2.48. The SMILES string of the molecule is CN=C(NCCN(C)CCOC)NCC1(CCOC)CCC1.I. The molecule has 0 aromatic heterocycles. The van der Waals surface area contributed by atoms with E-state index in [9.17, 15) is 0 Å². The first-order valence-electron chi connectivity index (χ1n) is 8.27. The molecule has 7 heteroatoms. The smallest absolute Gasteiger partial charge is 0.191 e. The van der Waals surface area contributed by atoms with Gasteiger partial charge in [-0.3, -0.25) is 4.99 Å². The van der Waals surface area contributed by atoms with Crippen LogP contribution >= 0.6 is 24.0 Å². The van der Waals surface area contributed by atoms with E-state index in [2.05, 4.69) is 27.6 Å². The first-order chi connectivity index (χ1) is 10.7. The lowest BCUT2D eigenvalue weighted by molar-refractivity contribution is 0.0732. The molecule has 0 unspecified atom stereocenters. The van der Waals surface area contributed by atoms with E-state index in [1.54, 1.807) is 14.2 Å². The van der Waals surface area contributed by atoms with Crippen LogP contribution in [-0.4, -0.2) is 78.6 Å². The number of hydrogen-bond donors (Lipinski definition) is 2. The fourth-order valence-electron chi connectivity index (χ4n) is 2.73. The summed E-state index contributed by atoms with van der Waals surface area (Å²) in [5.41, 5.74) is 0.406. The highest BCUT2D eigenvalue weighted by molar-refractivity contribution is 14.0. The molecule has 0 aliphatic heterocycles. The fourth-order valence-corrected chi connectivity index (χ4v) is 2.73. The molecule has 1 aliphatic rings. The Hall–Kier alpha value is -0.120. The molecule has 0 amide bonds. The molecule has 1 saturated carbocycles. The van der Waals surface area contributed by atoms with Crippen LogP contribution in [0, 0.1) is 5.41 Å². The number of aliphatic imine (C=N–C) groups is 1. The van der Waals surface area contributed by atoms with Crippen LogP contribution in [0.4, 0.5) is 0 Å². The Labute approximate surface area is 158 Å². The summed E-state index contributed by atoms with van der Waals surface area (Å²) in [5.74, 6) is 0.892. The lowest BCUT2D eigenvalue weighted by atomic mass is 9.67. The summed E-state index contributed by atoms with van der Waals surface area (Å²) < 4.78 is 10.3. The Bertz CT molecular complexity index is 325. The summed E-state index contributed by atoms with van der Waals surface area (Å²) in [6.07, 6.45) is 5.05. The second-order valence-corrected chi connectivity index (χ2v) is 6.24. The summed E-state index contributed by atoms with van der Waals surface area (Å²) in [7, 11) is 7.44. The van der Waals surface area contributed by atoms with Crippen LogP contribution in [0.2, 0.25) is 0 Å². The zero-order valence-electron chi connectivity index (χ0n) is 15.2. The standard InChI is InChI=1S/C16H34N4O2.HI/c1-17-15(18-9-10-20(2)11-13-22-4)19-14-16(6-5-7-16)8-12-21-3;/h5-14H2,1-4H3,(H2,17,18,19);1H. The molecule has 2 N–H and O–H groups in total. The van der Waals surface area contributed by atoms with Crippen LogP contribution < -0.4 is 10.6 Å². The van der Waals surface area contributed by atoms with E-state index in [1.165, 1.54) is 19.3 Å². The molecule has 0 heterocycles. The van der Waals surface area contributed by atoms with Gasteiger partial charge in [-0.1, -0.05) is 6.42 Å². The number of halogens is 1. The van der Waals surface area contributed by atoms with Crippen LogP contribution in [0.15, 0.2) is 4.99 Å². The minimum absolute atomic E-state index is 0. The van der Waals surface area contributed by atoms with Crippen LogP contribution in [-0.2, 0) is 9.47 Å². The van der Waals surface area contributed by atoms with Crippen molar-refractivity contribution >= 4 is 29.9 Å². The largest absolute Gasteiger partial charge is 0.385 e. The number of hydrogen-bond acceptors (Lipinski definition) is 4. The molecule has 0 saturated heterocycles. The first kappa shape index (κ1) is 22.9. The average molecular weight is 442 g/mol. The summed E-state index contributed by atoms with van der Waals surface area (Å²) in [4.78, 5) is 6.55. The minimum atomic E-state index is 0. The zero-order chi connectivity index (χ0) is 16.3. The van der Waals surface area contributed by atoms with Crippen molar-refractivity contribution in [1.82, 2.24) is 15.5 Å². The Kier molecular flexibility index (Phi) is 13.1. The molecule has 0 aromatic rings. The number of nitrogens with zero attached hydrogens (tertiary/aromatic N) is 2. The highest BCUT2D eigenvalue weighted by Crippen LogP contribution is 2.43.